The summed E-state index contributed by atoms with van der Waals surface area (Å²) in [5, 5.41) is 0. The molecule has 9 rings (SSSR count). The van der Waals surface area contributed by atoms with Gasteiger partial charge in [0.25, 0.3) is 0 Å². The van der Waals surface area contributed by atoms with E-state index in [2.05, 4.69) is 209 Å². The smallest absolute Gasteiger partial charge is 0.0714 e. The van der Waals surface area contributed by atoms with Crippen molar-refractivity contribution in [1.29, 1.82) is 0 Å². The summed E-state index contributed by atoms with van der Waals surface area (Å²) >= 11 is 0. The summed E-state index contributed by atoms with van der Waals surface area (Å²) in [5.74, 6) is 0. The van der Waals surface area contributed by atoms with Crippen LogP contribution in [0.3, 0.4) is 0 Å². The van der Waals surface area contributed by atoms with E-state index in [0.717, 1.165) is 17.8 Å². The van der Waals surface area contributed by atoms with Gasteiger partial charge >= 0.3 is 0 Å². The number of para-hydroxylation sites is 2. The summed E-state index contributed by atoms with van der Waals surface area (Å²) < 4.78 is 0. The Morgan fingerprint density at radius 1 is 0.415 bits per heavy atom. The summed E-state index contributed by atoms with van der Waals surface area (Å²) in [6.07, 6.45) is 2.33. The Bertz CT molecular complexity index is 2360. The quantitative estimate of drug-likeness (QED) is 0.168. The minimum Gasteiger partial charge on any atom is -0.310 e. The number of aryl methyl sites for hydroxylation is 1. The first-order valence-corrected chi connectivity index (χ1v) is 19.2. The van der Waals surface area contributed by atoms with E-state index < -0.39 is 5.41 Å². The van der Waals surface area contributed by atoms with Gasteiger partial charge in [-0.2, -0.15) is 0 Å². The van der Waals surface area contributed by atoms with Crippen LogP contribution in [0.5, 0.6) is 0 Å². The van der Waals surface area contributed by atoms with Gasteiger partial charge in [-0.15, -0.1) is 0 Å². The maximum Gasteiger partial charge on any atom is 0.0714 e. The Labute approximate surface area is 315 Å². The molecule has 1 nitrogen and oxygen atoms in total. The Hall–Kier alpha value is -5.66. The maximum absolute atomic E-state index is 2.55. The molecule has 260 valence electrons. The van der Waals surface area contributed by atoms with E-state index >= 15 is 0 Å². The number of anilines is 3. The normalized spacial score (nSPS) is 15.9. The first-order valence-electron chi connectivity index (χ1n) is 19.2. The van der Waals surface area contributed by atoms with Crippen LogP contribution in [-0.4, -0.2) is 0 Å². The van der Waals surface area contributed by atoms with Crippen LogP contribution in [0, 0.1) is 6.92 Å². The summed E-state index contributed by atoms with van der Waals surface area (Å²) in [5.41, 5.74) is 17.9. The highest BCUT2D eigenvalue weighted by Crippen LogP contribution is 2.60. The average molecular weight is 686 g/mol. The molecule has 0 unspecified atom stereocenters. The SMILES string of the molecule is Cc1ccc(-c2cc3c(cc2N(c2ccccc2)c2ccccc2)C(c2ccccc2)(c2ccccc2)c2ccccc2-3)c2c1C(C)(C)CCC2(C)C. The van der Waals surface area contributed by atoms with E-state index in [4.69, 9.17) is 0 Å². The molecule has 2 aliphatic carbocycles. The molecule has 7 aromatic carbocycles. The number of hydrogen-bond acceptors (Lipinski definition) is 1. The Balaban J connectivity index is 1.47. The summed E-state index contributed by atoms with van der Waals surface area (Å²) in [4.78, 5) is 2.49. The molecule has 2 aliphatic rings. The lowest BCUT2D eigenvalue weighted by molar-refractivity contribution is 0.331. The topological polar surface area (TPSA) is 3.24 Å². The van der Waals surface area contributed by atoms with Crippen LogP contribution in [0.2, 0.25) is 0 Å². The lowest BCUT2D eigenvalue weighted by Crippen LogP contribution is -2.35. The number of rotatable bonds is 6. The Morgan fingerprint density at radius 2 is 0.906 bits per heavy atom. The average Bonchev–Trinajstić information content (AvgIpc) is 3.48. The van der Waals surface area contributed by atoms with Gasteiger partial charge in [-0.25, -0.2) is 0 Å². The molecule has 0 saturated carbocycles. The van der Waals surface area contributed by atoms with Crippen molar-refractivity contribution in [2.24, 2.45) is 0 Å². The molecule has 1 heteroatoms. The van der Waals surface area contributed by atoms with Crippen LogP contribution < -0.4 is 4.90 Å². The number of benzene rings is 7. The van der Waals surface area contributed by atoms with Crippen molar-refractivity contribution in [2.75, 3.05) is 4.90 Å². The van der Waals surface area contributed by atoms with Gasteiger partial charge in [0.2, 0.25) is 0 Å². The molecule has 7 aromatic rings. The van der Waals surface area contributed by atoms with Gasteiger partial charge in [0.15, 0.2) is 0 Å². The van der Waals surface area contributed by atoms with Gasteiger partial charge in [0.1, 0.15) is 0 Å². The predicted octanol–water partition coefficient (Wildman–Crippen LogP) is 13.8. The van der Waals surface area contributed by atoms with Crippen molar-refractivity contribution in [3.05, 3.63) is 209 Å². The molecule has 53 heavy (non-hydrogen) atoms. The van der Waals surface area contributed by atoms with Crippen LogP contribution in [0.4, 0.5) is 17.1 Å². The van der Waals surface area contributed by atoms with Gasteiger partial charge in [-0.05, 0) is 123 Å². The molecule has 0 saturated heterocycles. The zero-order chi connectivity index (χ0) is 36.4. The summed E-state index contributed by atoms with van der Waals surface area (Å²) in [6, 6.07) is 63.2. The summed E-state index contributed by atoms with van der Waals surface area (Å²) in [6.45, 7) is 12.2. The van der Waals surface area contributed by atoms with Gasteiger partial charge in [0.05, 0.1) is 11.1 Å². The van der Waals surface area contributed by atoms with Gasteiger partial charge in [-0.3, -0.25) is 0 Å². The van der Waals surface area contributed by atoms with Crippen LogP contribution in [0.1, 0.15) is 79.5 Å². The molecule has 0 amide bonds. The molecule has 0 spiro atoms. The molecule has 0 bridgehead atoms. The molecule has 0 fully saturated rings. The lowest BCUT2D eigenvalue weighted by atomic mass is 9.60. The van der Waals surface area contributed by atoms with Crippen molar-refractivity contribution < 1.29 is 0 Å². The van der Waals surface area contributed by atoms with E-state index in [1.807, 2.05) is 0 Å². The highest BCUT2D eigenvalue weighted by atomic mass is 15.1. The van der Waals surface area contributed by atoms with Crippen molar-refractivity contribution in [2.45, 2.75) is 63.7 Å². The maximum atomic E-state index is 2.55. The van der Waals surface area contributed by atoms with Crippen molar-refractivity contribution in [3.8, 4) is 22.3 Å². The van der Waals surface area contributed by atoms with Crippen LogP contribution in [0.25, 0.3) is 22.3 Å². The predicted molar refractivity (Wildman–Crippen MR) is 224 cm³/mol. The minimum atomic E-state index is -0.505. The van der Waals surface area contributed by atoms with Gasteiger partial charge in [0, 0.05) is 16.9 Å². The van der Waals surface area contributed by atoms with Gasteiger partial charge in [-0.1, -0.05) is 161 Å². The standard InChI is InChI=1S/C52H47N/c1-36-30-31-42(49-48(36)50(2,3)32-33-51(49,4)5)44-34-43-41-28-18-19-29-45(41)52(37-20-10-6-11-21-37,38-22-12-7-13-23-38)46(43)35-47(44)53(39-24-14-8-15-25-39)40-26-16-9-17-27-40/h6-31,34-35H,32-33H2,1-5H3. The Kier molecular flexibility index (Phi) is 7.82. The summed E-state index contributed by atoms with van der Waals surface area (Å²) in [7, 11) is 0. The molecule has 0 aromatic heterocycles. The zero-order valence-electron chi connectivity index (χ0n) is 31.5. The fraction of sp³-hybridized carbons (Fsp3) is 0.192. The Morgan fingerprint density at radius 3 is 1.47 bits per heavy atom. The molecular formula is C52H47N. The fourth-order valence-corrected chi connectivity index (χ4v) is 9.84. The number of nitrogens with zero attached hydrogens (tertiary/aromatic N) is 1. The van der Waals surface area contributed by atoms with Crippen molar-refractivity contribution >= 4 is 17.1 Å². The number of hydrogen-bond donors (Lipinski definition) is 0. The highest BCUT2D eigenvalue weighted by Gasteiger charge is 2.47. The van der Waals surface area contributed by atoms with Crippen molar-refractivity contribution in [1.82, 2.24) is 0 Å². The lowest BCUT2D eigenvalue weighted by Gasteiger charge is -2.44. The second-order valence-corrected chi connectivity index (χ2v) is 16.4. The molecule has 0 atom stereocenters. The van der Waals surface area contributed by atoms with E-state index in [-0.39, 0.29) is 10.8 Å². The van der Waals surface area contributed by atoms with Crippen LogP contribution in [0.15, 0.2) is 170 Å². The molecular weight excluding hydrogens is 639 g/mol. The third-order valence-electron chi connectivity index (χ3n) is 12.3. The second-order valence-electron chi connectivity index (χ2n) is 16.4. The van der Waals surface area contributed by atoms with E-state index in [1.54, 1.807) is 0 Å². The molecule has 0 heterocycles. The largest absolute Gasteiger partial charge is 0.310 e. The van der Waals surface area contributed by atoms with E-state index in [0.29, 0.717) is 0 Å². The third kappa shape index (κ3) is 5.12. The highest BCUT2D eigenvalue weighted by molar-refractivity contribution is 5.97. The molecule has 0 N–H and O–H groups in total. The van der Waals surface area contributed by atoms with Crippen LogP contribution >= 0.6 is 0 Å². The second kappa shape index (κ2) is 12.5. The van der Waals surface area contributed by atoms with E-state index in [9.17, 15) is 0 Å². The fourth-order valence-electron chi connectivity index (χ4n) is 9.84. The monoisotopic (exact) mass is 685 g/mol. The minimum absolute atomic E-state index is 0.0164. The first kappa shape index (κ1) is 33.2. The van der Waals surface area contributed by atoms with Crippen LogP contribution in [-0.2, 0) is 16.2 Å². The first-order chi connectivity index (χ1) is 25.7. The molecule has 0 radical (unpaired) electrons. The van der Waals surface area contributed by atoms with Gasteiger partial charge < -0.3 is 4.90 Å². The number of fused-ring (bicyclic) bond motifs is 4. The third-order valence-corrected chi connectivity index (χ3v) is 12.3. The van der Waals surface area contributed by atoms with E-state index in [1.165, 1.54) is 73.3 Å². The molecule has 0 aliphatic heterocycles. The van der Waals surface area contributed by atoms with Crippen molar-refractivity contribution in [3.63, 3.8) is 0 Å². The zero-order valence-corrected chi connectivity index (χ0v) is 31.5.